The van der Waals surface area contributed by atoms with Crippen molar-refractivity contribution in [2.45, 2.75) is 38.6 Å². The van der Waals surface area contributed by atoms with Gasteiger partial charge in [-0.2, -0.15) is 0 Å². The second-order valence-electron chi connectivity index (χ2n) is 9.94. The number of hydrogen-bond acceptors (Lipinski definition) is 9. The molecule has 0 aliphatic carbocycles. The highest BCUT2D eigenvalue weighted by molar-refractivity contribution is 5.86. The summed E-state index contributed by atoms with van der Waals surface area (Å²) in [5, 5.41) is 29.8. The van der Waals surface area contributed by atoms with Crippen molar-refractivity contribution < 1.29 is 29.0 Å². The lowest BCUT2D eigenvalue weighted by molar-refractivity contribution is -0.394. The summed E-state index contributed by atoms with van der Waals surface area (Å²) in [6.07, 6.45) is 2.45. The quantitative estimate of drug-likeness (QED) is 0.102. The van der Waals surface area contributed by atoms with Crippen LogP contribution in [0.5, 0.6) is 0 Å². The number of carbonyl (C=O) groups excluding carboxylic acids is 3. The minimum Gasteiger partial charge on any atom is -0.468 e. The van der Waals surface area contributed by atoms with Crippen LogP contribution >= 0.6 is 0 Å². The minimum atomic E-state index is -0.668. The molecule has 13 nitrogen and oxygen atoms in total. The molecule has 2 N–H and O–H groups in total. The summed E-state index contributed by atoms with van der Waals surface area (Å²) in [4.78, 5) is 59.2. The summed E-state index contributed by atoms with van der Waals surface area (Å²) in [5.74, 6) is -1.04. The molecule has 0 aromatic heterocycles. The fourth-order valence-corrected chi connectivity index (χ4v) is 4.65. The molecule has 0 saturated heterocycles. The molecule has 0 fully saturated rings. The number of nitrogens with one attached hydrogen (secondary N) is 2. The van der Waals surface area contributed by atoms with E-state index >= 15 is 0 Å². The summed E-state index contributed by atoms with van der Waals surface area (Å²) in [7, 11) is 1.25. The van der Waals surface area contributed by atoms with Gasteiger partial charge in [-0.05, 0) is 41.7 Å². The number of nitro groups is 2. The van der Waals surface area contributed by atoms with Crippen LogP contribution in [0.1, 0.15) is 36.8 Å². The van der Waals surface area contributed by atoms with Gasteiger partial charge in [-0.3, -0.25) is 39.5 Å². The first-order valence-corrected chi connectivity index (χ1v) is 13.9. The molecule has 3 aromatic carbocycles. The van der Waals surface area contributed by atoms with Gasteiger partial charge in [-0.25, -0.2) is 0 Å². The molecule has 0 aliphatic heterocycles. The summed E-state index contributed by atoms with van der Waals surface area (Å²) in [6.45, 7) is 0.946. The Bertz CT molecular complexity index is 1460. The third kappa shape index (κ3) is 10.5. The molecular formula is C30H35N5O8. The van der Waals surface area contributed by atoms with E-state index in [9.17, 15) is 34.6 Å². The molecule has 0 unspecified atom stereocenters. The van der Waals surface area contributed by atoms with E-state index in [-0.39, 0.29) is 42.7 Å². The number of amides is 2. The number of rotatable bonds is 17. The van der Waals surface area contributed by atoms with Crippen molar-refractivity contribution in [3.63, 3.8) is 0 Å². The number of carbonyl (C=O) groups is 3. The molecule has 228 valence electrons. The summed E-state index contributed by atoms with van der Waals surface area (Å²) in [5.41, 5.74) is 0.837. The first-order chi connectivity index (χ1) is 20.7. The van der Waals surface area contributed by atoms with Crippen molar-refractivity contribution in [2.24, 2.45) is 0 Å². The predicted molar refractivity (Wildman–Crippen MR) is 159 cm³/mol. The van der Waals surface area contributed by atoms with Gasteiger partial charge in [0.25, 0.3) is 11.4 Å². The summed E-state index contributed by atoms with van der Waals surface area (Å²) in [6, 6.07) is 17.5. The van der Waals surface area contributed by atoms with Crippen LogP contribution in [-0.2, 0) is 32.1 Å². The Labute approximate surface area is 248 Å². The maximum atomic E-state index is 12.5. The van der Waals surface area contributed by atoms with E-state index in [1.165, 1.54) is 19.2 Å². The Hall–Kier alpha value is -4.91. The van der Waals surface area contributed by atoms with E-state index in [4.69, 9.17) is 0 Å². The zero-order valence-electron chi connectivity index (χ0n) is 24.0. The third-order valence-corrected chi connectivity index (χ3v) is 6.88. The van der Waals surface area contributed by atoms with E-state index in [1.54, 1.807) is 0 Å². The number of aryl methyl sites for hydroxylation is 1. The number of ether oxygens (including phenoxy) is 1. The fraction of sp³-hybridized carbons (Fsp3) is 0.367. The number of fused-ring (bicyclic) bond motifs is 1. The van der Waals surface area contributed by atoms with Gasteiger partial charge in [-0.1, -0.05) is 48.9 Å². The zero-order valence-corrected chi connectivity index (χ0v) is 24.0. The Kier molecular flexibility index (Phi) is 12.5. The van der Waals surface area contributed by atoms with E-state index in [0.717, 1.165) is 22.4 Å². The minimum absolute atomic E-state index is 0.0187. The first-order valence-electron chi connectivity index (χ1n) is 13.9. The van der Waals surface area contributed by atoms with Gasteiger partial charge in [0.2, 0.25) is 11.8 Å². The smallest absolute Gasteiger partial charge is 0.325 e. The van der Waals surface area contributed by atoms with Gasteiger partial charge in [-0.15, -0.1) is 0 Å². The van der Waals surface area contributed by atoms with E-state index in [1.807, 2.05) is 47.4 Å². The molecule has 0 aliphatic rings. The van der Waals surface area contributed by atoms with Crippen LogP contribution < -0.4 is 10.6 Å². The van der Waals surface area contributed by atoms with Gasteiger partial charge in [0.1, 0.15) is 6.54 Å². The van der Waals surface area contributed by atoms with Crippen molar-refractivity contribution in [1.82, 2.24) is 15.5 Å². The molecule has 3 aromatic rings. The second kappa shape index (κ2) is 16.5. The molecule has 0 saturated carbocycles. The van der Waals surface area contributed by atoms with E-state index in [2.05, 4.69) is 15.4 Å². The van der Waals surface area contributed by atoms with Crippen molar-refractivity contribution in [3.05, 3.63) is 92.0 Å². The lowest BCUT2D eigenvalue weighted by Crippen LogP contribution is -2.42. The van der Waals surface area contributed by atoms with Crippen molar-refractivity contribution in [2.75, 3.05) is 33.3 Å². The Morgan fingerprint density at radius 1 is 0.860 bits per heavy atom. The van der Waals surface area contributed by atoms with Crippen LogP contribution in [0.15, 0.2) is 60.7 Å². The SMILES string of the molecule is COC(=O)CNC(=O)CN(CCNC(=O)CCCCCc1ccc([N+](=O)[O-])cc1[N+](=O)[O-])Cc1cccc2ccccc12. The van der Waals surface area contributed by atoms with Crippen LogP contribution in [0.3, 0.4) is 0 Å². The molecule has 3 rings (SSSR count). The Balaban J connectivity index is 1.48. The third-order valence-electron chi connectivity index (χ3n) is 6.88. The second-order valence-corrected chi connectivity index (χ2v) is 9.94. The Morgan fingerprint density at radius 2 is 1.63 bits per heavy atom. The number of unbranched alkanes of at least 4 members (excludes halogenated alkanes) is 2. The number of esters is 1. The van der Waals surface area contributed by atoms with Crippen molar-refractivity contribution >= 4 is 39.9 Å². The molecule has 0 atom stereocenters. The summed E-state index contributed by atoms with van der Waals surface area (Å²) < 4.78 is 4.57. The lowest BCUT2D eigenvalue weighted by atomic mass is 10.0. The Morgan fingerprint density at radius 3 is 2.37 bits per heavy atom. The van der Waals surface area contributed by atoms with Gasteiger partial charge in [0, 0.05) is 37.7 Å². The highest BCUT2D eigenvalue weighted by Gasteiger charge is 2.19. The number of benzene rings is 3. The highest BCUT2D eigenvalue weighted by atomic mass is 16.6. The molecule has 2 amide bonds. The van der Waals surface area contributed by atoms with Gasteiger partial charge in [0.05, 0.1) is 29.6 Å². The first kappa shape index (κ1) is 32.6. The van der Waals surface area contributed by atoms with Gasteiger partial charge in [0.15, 0.2) is 0 Å². The van der Waals surface area contributed by atoms with E-state index in [0.29, 0.717) is 50.9 Å². The number of hydrogen-bond donors (Lipinski definition) is 2. The van der Waals surface area contributed by atoms with Crippen molar-refractivity contribution in [1.29, 1.82) is 0 Å². The van der Waals surface area contributed by atoms with Gasteiger partial charge >= 0.3 is 5.97 Å². The lowest BCUT2D eigenvalue weighted by Gasteiger charge is -2.23. The maximum absolute atomic E-state index is 12.5. The molecular weight excluding hydrogens is 558 g/mol. The zero-order chi connectivity index (χ0) is 31.2. The number of nitrogens with zero attached hydrogens (tertiary/aromatic N) is 3. The highest BCUT2D eigenvalue weighted by Crippen LogP contribution is 2.26. The predicted octanol–water partition coefficient (Wildman–Crippen LogP) is 3.67. The van der Waals surface area contributed by atoms with Crippen LogP contribution in [0.2, 0.25) is 0 Å². The molecule has 0 spiro atoms. The molecule has 0 bridgehead atoms. The van der Waals surface area contributed by atoms with Crippen molar-refractivity contribution in [3.8, 4) is 0 Å². The number of methoxy groups -OCH3 is 1. The number of nitro benzene ring substituents is 2. The molecule has 0 heterocycles. The maximum Gasteiger partial charge on any atom is 0.325 e. The normalized spacial score (nSPS) is 10.8. The fourth-order valence-electron chi connectivity index (χ4n) is 4.65. The van der Waals surface area contributed by atoms with Crippen LogP contribution in [0.25, 0.3) is 10.8 Å². The molecule has 43 heavy (non-hydrogen) atoms. The van der Waals surface area contributed by atoms with E-state index < -0.39 is 15.8 Å². The molecule has 13 heteroatoms. The largest absolute Gasteiger partial charge is 0.468 e. The standard InChI is InChI=1S/C30H35N5O8/c1-43-30(38)19-32-29(37)21-33(20-24-11-7-10-22-8-5-6-12-26(22)24)17-16-31-28(36)13-4-2-3-9-23-14-15-25(34(39)40)18-27(23)35(41)42/h5-8,10-12,14-15,18H,2-4,9,13,16-17,19-21H2,1H3,(H,31,36)(H,32,37). The van der Waals surface area contributed by atoms with Gasteiger partial charge < -0.3 is 15.4 Å². The average Bonchev–Trinajstić information content (AvgIpc) is 2.99. The summed E-state index contributed by atoms with van der Waals surface area (Å²) >= 11 is 0. The average molecular weight is 594 g/mol. The topological polar surface area (TPSA) is 174 Å². The monoisotopic (exact) mass is 593 g/mol. The van der Waals surface area contributed by atoms with Crippen LogP contribution in [-0.4, -0.2) is 65.8 Å². The van der Waals surface area contributed by atoms with Crippen LogP contribution in [0.4, 0.5) is 11.4 Å². The number of non-ortho nitro benzene ring substituents is 1. The molecule has 0 radical (unpaired) electrons. The van der Waals surface area contributed by atoms with Crippen LogP contribution in [0, 0.1) is 20.2 Å².